The van der Waals surface area contributed by atoms with E-state index in [0.29, 0.717) is 6.42 Å². The normalized spacial score (nSPS) is 24.5. The zero-order valence-electron chi connectivity index (χ0n) is 19.1. The van der Waals surface area contributed by atoms with Gasteiger partial charge in [-0.05, 0) is 39.0 Å². The zero-order chi connectivity index (χ0) is 23.5. The number of carboxylic acid groups (broad SMARTS) is 1. The molecule has 3 atom stereocenters. The third-order valence-corrected chi connectivity index (χ3v) is 5.36. The van der Waals surface area contributed by atoms with Crippen LogP contribution in [0.3, 0.4) is 0 Å². The Bertz CT molecular complexity index is 692. The number of esters is 1. The maximum absolute atomic E-state index is 13.3. The summed E-state index contributed by atoms with van der Waals surface area (Å²) in [6.45, 7) is 12.4. The van der Waals surface area contributed by atoms with E-state index in [4.69, 9.17) is 20.3 Å². The molecule has 1 aliphatic rings. The summed E-state index contributed by atoms with van der Waals surface area (Å²) in [5, 5.41) is 11.6. The molecule has 1 amide bonds. The van der Waals surface area contributed by atoms with Crippen LogP contribution in [0.4, 0.5) is 4.79 Å². The van der Waals surface area contributed by atoms with Gasteiger partial charge in [-0.2, -0.15) is 0 Å². The minimum absolute atomic E-state index is 0.0418. The summed E-state index contributed by atoms with van der Waals surface area (Å²) in [5.41, 5.74) is 1.16. The highest BCUT2D eigenvalue weighted by molar-refractivity contribution is 6.06. The number of carbonyl (C=O) groups excluding carboxylic acids is 3. The molecule has 0 aromatic carbocycles. The second-order valence-electron chi connectivity index (χ2n) is 9.92. The molecule has 9 nitrogen and oxygen atoms in total. The summed E-state index contributed by atoms with van der Waals surface area (Å²) in [6, 6.07) is -1.33. The number of ketones is 1. The van der Waals surface area contributed by atoms with Crippen LogP contribution in [0.15, 0.2) is 0 Å². The first-order valence-corrected chi connectivity index (χ1v) is 10.2. The number of hydrogen-bond donors (Lipinski definition) is 3. The van der Waals surface area contributed by atoms with E-state index in [1.165, 1.54) is 0 Å². The van der Waals surface area contributed by atoms with Crippen LogP contribution in [-0.4, -0.2) is 52.7 Å². The van der Waals surface area contributed by atoms with Crippen molar-refractivity contribution in [3.63, 3.8) is 0 Å². The Hall–Kier alpha value is -2.16. The maximum atomic E-state index is 13.3. The number of nitrogens with one attached hydrogen (secondary N) is 1. The number of aliphatic carboxylic acids is 1. The third-order valence-electron chi connectivity index (χ3n) is 5.36. The molecular formula is C21H36N2O7. The van der Waals surface area contributed by atoms with Crippen LogP contribution in [0, 0.1) is 10.8 Å². The molecule has 1 rings (SSSR count). The van der Waals surface area contributed by atoms with Crippen LogP contribution >= 0.6 is 0 Å². The lowest BCUT2D eigenvalue weighted by Crippen LogP contribution is -2.57. The fraction of sp³-hybridized carbons (Fsp3) is 0.810. The van der Waals surface area contributed by atoms with E-state index < -0.39 is 58.2 Å². The van der Waals surface area contributed by atoms with Crippen LogP contribution in [0.1, 0.15) is 74.1 Å². The Morgan fingerprint density at radius 2 is 1.70 bits per heavy atom. The number of carboxylic acids is 1. The van der Waals surface area contributed by atoms with Crippen LogP contribution in [0.5, 0.6) is 0 Å². The van der Waals surface area contributed by atoms with E-state index in [9.17, 15) is 19.2 Å². The van der Waals surface area contributed by atoms with Crippen LogP contribution < -0.4 is 11.1 Å². The van der Waals surface area contributed by atoms with Crippen molar-refractivity contribution in [3.8, 4) is 0 Å². The van der Waals surface area contributed by atoms with Crippen molar-refractivity contribution in [1.82, 2.24) is 5.32 Å². The Morgan fingerprint density at radius 1 is 1.13 bits per heavy atom. The first-order chi connectivity index (χ1) is 13.5. The minimum atomic E-state index is -1.67. The van der Waals surface area contributed by atoms with E-state index >= 15 is 0 Å². The van der Waals surface area contributed by atoms with Gasteiger partial charge in [0, 0.05) is 0 Å². The number of nitrogens with two attached hydrogens (primary N) is 1. The topological polar surface area (TPSA) is 145 Å². The van der Waals surface area contributed by atoms with Crippen molar-refractivity contribution in [3.05, 3.63) is 0 Å². The third kappa shape index (κ3) is 5.30. The van der Waals surface area contributed by atoms with Gasteiger partial charge in [0.15, 0.2) is 11.3 Å². The van der Waals surface area contributed by atoms with Gasteiger partial charge in [-0.25, -0.2) is 9.59 Å². The molecule has 0 aliphatic heterocycles. The van der Waals surface area contributed by atoms with Gasteiger partial charge in [0.1, 0.15) is 5.60 Å². The fourth-order valence-corrected chi connectivity index (χ4v) is 3.88. The van der Waals surface area contributed by atoms with E-state index in [2.05, 4.69) is 5.32 Å². The van der Waals surface area contributed by atoms with E-state index in [1.807, 2.05) is 6.92 Å². The maximum Gasteiger partial charge on any atom is 0.408 e. The predicted molar refractivity (Wildman–Crippen MR) is 110 cm³/mol. The van der Waals surface area contributed by atoms with Gasteiger partial charge in [-0.3, -0.25) is 9.59 Å². The van der Waals surface area contributed by atoms with E-state index in [0.717, 1.165) is 6.42 Å². The second-order valence-corrected chi connectivity index (χ2v) is 9.92. The first-order valence-electron chi connectivity index (χ1n) is 10.2. The average molecular weight is 429 g/mol. The van der Waals surface area contributed by atoms with Gasteiger partial charge < -0.3 is 25.6 Å². The molecule has 0 heterocycles. The Kier molecular flexibility index (Phi) is 7.69. The monoisotopic (exact) mass is 428 g/mol. The summed E-state index contributed by atoms with van der Waals surface area (Å²) in [4.78, 5) is 50.1. The zero-order valence-corrected chi connectivity index (χ0v) is 19.1. The molecule has 0 saturated heterocycles. The molecule has 172 valence electrons. The number of rotatable bonds is 9. The highest BCUT2D eigenvalue weighted by Gasteiger charge is 2.82. The number of ether oxygens (including phenoxy) is 2. The van der Waals surface area contributed by atoms with Crippen LogP contribution in [0.25, 0.3) is 0 Å². The quantitative estimate of drug-likeness (QED) is 0.375. The van der Waals surface area contributed by atoms with Gasteiger partial charge in [0.2, 0.25) is 0 Å². The van der Waals surface area contributed by atoms with Gasteiger partial charge in [-0.1, -0.05) is 34.1 Å². The summed E-state index contributed by atoms with van der Waals surface area (Å²) in [5.74, 6) is -2.56. The molecule has 0 bridgehead atoms. The summed E-state index contributed by atoms with van der Waals surface area (Å²) < 4.78 is 10.7. The van der Waals surface area contributed by atoms with Gasteiger partial charge in [0.05, 0.1) is 24.5 Å². The van der Waals surface area contributed by atoms with Gasteiger partial charge in [-0.15, -0.1) is 0 Å². The molecule has 4 N–H and O–H groups in total. The number of carbonyl (C=O) groups is 4. The molecule has 9 heteroatoms. The van der Waals surface area contributed by atoms with Crippen molar-refractivity contribution in [1.29, 1.82) is 0 Å². The smallest absolute Gasteiger partial charge is 0.408 e. The van der Waals surface area contributed by atoms with E-state index in [1.54, 1.807) is 41.5 Å². The van der Waals surface area contributed by atoms with Crippen LogP contribution in [0.2, 0.25) is 0 Å². The molecule has 0 spiro atoms. The molecular weight excluding hydrogens is 392 g/mol. The Balaban J connectivity index is 3.37. The number of hydrogen-bond acceptors (Lipinski definition) is 7. The molecule has 0 aromatic heterocycles. The fourth-order valence-electron chi connectivity index (χ4n) is 3.88. The lowest BCUT2D eigenvalue weighted by atomic mass is 9.69. The molecule has 0 aromatic rings. The summed E-state index contributed by atoms with van der Waals surface area (Å²) in [7, 11) is 0. The molecule has 1 fully saturated rings. The van der Waals surface area contributed by atoms with Crippen molar-refractivity contribution in [2.75, 3.05) is 6.61 Å². The standard InChI is InChI=1S/C21H36N2O7/c1-8-9-10-29-16(27)21(23-17(28)30-19(5,6)7)12-20(21,18(2,3)4)15(26)13(22)11-14(24)25/h13H,8-12,22H2,1-7H3,(H,23,28)(H,24,25)/t13-,20?,21?/m0/s1. The number of unbranched alkanes of at least 4 members (excludes halogenated alkanes) is 1. The van der Waals surface area contributed by atoms with Gasteiger partial charge >= 0.3 is 18.0 Å². The van der Waals surface area contributed by atoms with Crippen LogP contribution in [-0.2, 0) is 23.9 Å². The summed E-state index contributed by atoms with van der Waals surface area (Å²) in [6.07, 6.45) is -0.0552. The highest BCUT2D eigenvalue weighted by atomic mass is 16.6. The highest BCUT2D eigenvalue weighted by Crippen LogP contribution is 2.67. The van der Waals surface area contributed by atoms with Gasteiger partial charge in [0.25, 0.3) is 0 Å². The largest absolute Gasteiger partial charge is 0.481 e. The minimum Gasteiger partial charge on any atom is -0.481 e. The van der Waals surface area contributed by atoms with Crippen molar-refractivity contribution < 1.29 is 33.8 Å². The second kappa shape index (κ2) is 8.91. The van der Waals surface area contributed by atoms with Crippen molar-refractivity contribution in [2.45, 2.75) is 91.3 Å². The molecule has 1 saturated carbocycles. The molecule has 30 heavy (non-hydrogen) atoms. The Labute approximate surface area is 178 Å². The average Bonchev–Trinajstić information content (AvgIpc) is 3.22. The van der Waals surface area contributed by atoms with Crippen molar-refractivity contribution >= 4 is 23.8 Å². The number of amides is 1. The Morgan fingerprint density at radius 3 is 2.13 bits per heavy atom. The molecule has 0 radical (unpaired) electrons. The lowest BCUT2D eigenvalue weighted by Gasteiger charge is -2.36. The number of alkyl carbamates (subject to hydrolysis) is 1. The predicted octanol–water partition coefficient (Wildman–Crippen LogP) is 2.40. The summed E-state index contributed by atoms with van der Waals surface area (Å²) >= 11 is 0. The van der Waals surface area contributed by atoms with E-state index in [-0.39, 0.29) is 13.0 Å². The lowest BCUT2D eigenvalue weighted by molar-refractivity contribution is -0.152. The molecule has 1 aliphatic carbocycles. The number of Topliss-reactive ketones (excluding diaryl/α,β-unsaturated/α-hetero) is 1. The SMILES string of the molecule is CCCCOC(=O)C1(NC(=O)OC(C)(C)C)CC1(C(=O)[C@@H](N)CC(=O)O)C(C)(C)C. The first kappa shape index (κ1) is 25.9. The van der Waals surface area contributed by atoms with Crippen molar-refractivity contribution in [2.24, 2.45) is 16.6 Å². The molecule has 2 unspecified atom stereocenters.